The number of nitrogens with zero attached hydrogens (tertiary/aromatic N) is 3. The summed E-state index contributed by atoms with van der Waals surface area (Å²) in [5.74, 6) is -1.57. The zero-order valence-electron chi connectivity index (χ0n) is 17.6. The number of thiazole rings is 1. The maximum atomic E-state index is 14.2. The summed E-state index contributed by atoms with van der Waals surface area (Å²) in [6.45, 7) is 4.43. The molecule has 0 unspecified atom stereocenters. The van der Waals surface area contributed by atoms with Crippen LogP contribution in [0.2, 0.25) is 0 Å². The molecule has 1 saturated heterocycles. The standard InChI is InChI=1S/C22H23F2N3O2S2.ClH/c1-30-17-5-2-4-15(12-17)21(28)27(7-3-6-26-8-10-29-11-9-26)22-25-20-18(24)13-16(23)14-19(20)31-22;/h2,4-5,12-14H,3,6-11H2,1H3;1H. The van der Waals surface area contributed by atoms with Crippen molar-refractivity contribution in [1.82, 2.24) is 9.88 Å². The Morgan fingerprint density at radius 2 is 2.03 bits per heavy atom. The van der Waals surface area contributed by atoms with Crippen LogP contribution in [0.25, 0.3) is 10.2 Å². The van der Waals surface area contributed by atoms with E-state index in [2.05, 4.69) is 9.88 Å². The Hall–Kier alpha value is -1.78. The number of benzene rings is 2. The SMILES string of the molecule is CSc1cccc(C(=O)N(CCCN2CCOCC2)c2nc3c(F)cc(F)cc3s2)c1.Cl. The maximum Gasteiger partial charge on any atom is 0.260 e. The number of carbonyl (C=O) groups is 1. The van der Waals surface area contributed by atoms with Crippen molar-refractivity contribution < 1.29 is 18.3 Å². The molecule has 0 spiro atoms. The normalized spacial score (nSPS) is 14.3. The van der Waals surface area contributed by atoms with Crippen molar-refractivity contribution in [3.63, 3.8) is 0 Å². The summed E-state index contributed by atoms with van der Waals surface area (Å²) in [6, 6.07) is 9.47. The van der Waals surface area contributed by atoms with Crippen molar-refractivity contribution in [3.05, 3.63) is 53.6 Å². The summed E-state index contributed by atoms with van der Waals surface area (Å²) in [6.07, 6.45) is 2.69. The second-order valence-corrected chi connectivity index (χ2v) is 9.12. The van der Waals surface area contributed by atoms with Crippen molar-refractivity contribution in [1.29, 1.82) is 0 Å². The molecule has 1 aliphatic heterocycles. The Morgan fingerprint density at radius 1 is 1.25 bits per heavy atom. The van der Waals surface area contributed by atoms with Crippen molar-refractivity contribution in [2.75, 3.05) is 50.5 Å². The first-order chi connectivity index (χ1) is 15.0. The van der Waals surface area contributed by atoms with Crippen LogP contribution in [0, 0.1) is 11.6 Å². The topological polar surface area (TPSA) is 45.7 Å². The summed E-state index contributed by atoms with van der Waals surface area (Å²) in [4.78, 5) is 22.6. The fraction of sp³-hybridized carbons (Fsp3) is 0.364. The lowest BCUT2D eigenvalue weighted by molar-refractivity contribution is 0.0376. The third-order valence-electron chi connectivity index (χ3n) is 5.15. The van der Waals surface area contributed by atoms with Gasteiger partial charge in [0.25, 0.3) is 5.91 Å². The van der Waals surface area contributed by atoms with Gasteiger partial charge in [0, 0.05) is 42.7 Å². The largest absolute Gasteiger partial charge is 0.379 e. The Morgan fingerprint density at radius 3 is 2.78 bits per heavy atom. The molecule has 2 heterocycles. The van der Waals surface area contributed by atoms with Crippen molar-refractivity contribution >= 4 is 56.8 Å². The lowest BCUT2D eigenvalue weighted by atomic mass is 10.2. The van der Waals surface area contributed by atoms with Gasteiger partial charge in [0.15, 0.2) is 10.9 Å². The van der Waals surface area contributed by atoms with Crippen molar-refractivity contribution in [2.45, 2.75) is 11.3 Å². The van der Waals surface area contributed by atoms with Crippen molar-refractivity contribution in [3.8, 4) is 0 Å². The molecule has 5 nitrogen and oxygen atoms in total. The van der Waals surface area contributed by atoms with Crippen LogP contribution >= 0.6 is 35.5 Å². The maximum absolute atomic E-state index is 14.2. The second-order valence-electron chi connectivity index (χ2n) is 7.23. The lowest BCUT2D eigenvalue weighted by Crippen LogP contribution is -2.39. The molecule has 0 radical (unpaired) electrons. The molecule has 10 heteroatoms. The van der Waals surface area contributed by atoms with E-state index in [-0.39, 0.29) is 23.8 Å². The molecule has 0 atom stereocenters. The zero-order chi connectivity index (χ0) is 21.8. The third-order valence-corrected chi connectivity index (χ3v) is 6.91. The molecule has 0 N–H and O–H groups in total. The summed E-state index contributed by atoms with van der Waals surface area (Å²) >= 11 is 2.69. The van der Waals surface area contributed by atoms with Crippen LogP contribution in [0.1, 0.15) is 16.8 Å². The number of morpholine rings is 1. The fourth-order valence-electron chi connectivity index (χ4n) is 3.53. The number of hydrogen-bond acceptors (Lipinski definition) is 6. The van der Waals surface area contributed by atoms with Crippen LogP contribution < -0.4 is 4.90 Å². The molecule has 3 aromatic rings. The van der Waals surface area contributed by atoms with Gasteiger partial charge < -0.3 is 4.74 Å². The molecule has 172 valence electrons. The average Bonchev–Trinajstić information content (AvgIpc) is 3.21. The highest BCUT2D eigenvalue weighted by Gasteiger charge is 2.23. The molecular weight excluding hydrogens is 476 g/mol. The van der Waals surface area contributed by atoms with E-state index in [1.165, 1.54) is 6.07 Å². The summed E-state index contributed by atoms with van der Waals surface area (Å²) in [7, 11) is 0. The van der Waals surface area contributed by atoms with Crippen LogP contribution in [-0.4, -0.2) is 61.4 Å². The van der Waals surface area contributed by atoms with E-state index in [1.807, 2.05) is 24.5 Å². The van der Waals surface area contributed by atoms with E-state index in [1.54, 1.807) is 22.7 Å². The van der Waals surface area contributed by atoms with Gasteiger partial charge in [-0.3, -0.25) is 14.6 Å². The van der Waals surface area contributed by atoms with Gasteiger partial charge in [-0.05, 0) is 36.9 Å². The molecule has 1 aromatic heterocycles. The number of carbonyl (C=O) groups excluding carboxylic acids is 1. The van der Waals surface area contributed by atoms with Crippen LogP contribution in [0.4, 0.5) is 13.9 Å². The van der Waals surface area contributed by atoms with Crippen LogP contribution in [0.15, 0.2) is 41.3 Å². The molecule has 4 rings (SSSR count). The number of rotatable bonds is 7. The highest BCUT2D eigenvalue weighted by Crippen LogP contribution is 2.32. The summed E-state index contributed by atoms with van der Waals surface area (Å²) in [5.41, 5.74) is 0.634. The molecule has 32 heavy (non-hydrogen) atoms. The minimum atomic E-state index is -0.720. The van der Waals surface area contributed by atoms with E-state index >= 15 is 0 Å². The smallest absolute Gasteiger partial charge is 0.260 e. The Labute approximate surface area is 200 Å². The first-order valence-electron chi connectivity index (χ1n) is 10.1. The fourth-order valence-corrected chi connectivity index (χ4v) is 5.02. The molecule has 0 saturated carbocycles. The van der Waals surface area contributed by atoms with Crippen LogP contribution in [-0.2, 0) is 4.74 Å². The Balaban J connectivity index is 0.00000289. The second kappa shape index (κ2) is 11.4. The number of hydrogen-bond donors (Lipinski definition) is 0. The lowest BCUT2D eigenvalue weighted by Gasteiger charge is -2.27. The quantitative estimate of drug-likeness (QED) is 0.424. The molecule has 1 amide bonds. The number of thioether (sulfide) groups is 1. The molecule has 0 aliphatic carbocycles. The number of fused-ring (bicyclic) bond motifs is 1. The first kappa shape index (κ1) is 24.9. The number of aromatic nitrogens is 1. The third kappa shape index (κ3) is 5.77. The zero-order valence-corrected chi connectivity index (χ0v) is 20.0. The number of anilines is 1. The molecule has 0 bridgehead atoms. The minimum absolute atomic E-state index is 0. The summed E-state index contributed by atoms with van der Waals surface area (Å²) in [5, 5.41) is 0.376. The van der Waals surface area contributed by atoms with Gasteiger partial charge >= 0.3 is 0 Å². The van der Waals surface area contributed by atoms with E-state index in [0.29, 0.717) is 35.2 Å². The van der Waals surface area contributed by atoms with Crippen LogP contribution in [0.5, 0.6) is 0 Å². The Kier molecular flexibility index (Phi) is 8.84. The van der Waals surface area contributed by atoms with Gasteiger partial charge in [-0.25, -0.2) is 13.8 Å². The van der Waals surface area contributed by atoms with Crippen LogP contribution in [0.3, 0.4) is 0 Å². The summed E-state index contributed by atoms with van der Waals surface area (Å²) < 4.78 is 33.7. The predicted molar refractivity (Wildman–Crippen MR) is 129 cm³/mol. The van der Waals surface area contributed by atoms with Gasteiger partial charge in [0.05, 0.1) is 17.9 Å². The highest BCUT2D eigenvalue weighted by molar-refractivity contribution is 7.98. The molecule has 1 fully saturated rings. The van der Waals surface area contributed by atoms with E-state index in [9.17, 15) is 13.6 Å². The number of halogens is 3. The Bertz CT molecular complexity index is 1080. The first-order valence-corrected chi connectivity index (χ1v) is 12.1. The highest BCUT2D eigenvalue weighted by atomic mass is 35.5. The average molecular weight is 500 g/mol. The van der Waals surface area contributed by atoms with Gasteiger partial charge in [-0.15, -0.1) is 24.2 Å². The molecular formula is C22H24ClF2N3O2S2. The van der Waals surface area contributed by atoms with Gasteiger partial charge in [0.1, 0.15) is 11.3 Å². The number of ether oxygens (including phenoxy) is 1. The molecule has 1 aliphatic rings. The molecule has 2 aromatic carbocycles. The van der Waals surface area contributed by atoms with E-state index in [0.717, 1.165) is 48.4 Å². The van der Waals surface area contributed by atoms with Gasteiger partial charge in [-0.2, -0.15) is 0 Å². The van der Waals surface area contributed by atoms with Gasteiger partial charge in [0.2, 0.25) is 0 Å². The predicted octanol–water partition coefficient (Wildman–Crippen LogP) is 5.09. The van der Waals surface area contributed by atoms with Crippen molar-refractivity contribution in [2.24, 2.45) is 0 Å². The van der Waals surface area contributed by atoms with E-state index in [4.69, 9.17) is 4.74 Å². The minimum Gasteiger partial charge on any atom is -0.379 e. The van der Waals surface area contributed by atoms with E-state index < -0.39 is 11.6 Å². The monoisotopic (exact) mass is 499 g/mol. The van der Waals surface area contributed by atoms with Gasteiger partial charge in [-0.1, -0.05) is 17.4 Å². The number of amides is 1.